The average Bonchev–Trinajstić information content (AvgIpc) is 2.81. The van der Waals surface area contributed by atoms with Gasteiger partial charge in [-0.25, -0.2) is 33.3 Å². The zero-order valence-corrected chi connectivity index (χ0v) is 18.8. The van der Waals surface area contributed by atoms with Gasteiger partial charge in [0.15, 0.2) is 0 Å². The molecule has 0 radical (unpaired) electrons. The molecule has 0 fully saturated rings. The minimum Gasteiger partial charge on any atom is -0.462 e. The SMILES string of the molecule is CCOC(=O)c1cnc(NCCNc2ccc([N+](=O)[O-])cn2)nc1-c1ccc(S(N)(=O)=O)cc1. The Labute approximate surface area is 194 Å². The lowest BCUT2D eigenvalue weighted by Gasteiger charge is -2.12. The van der Waals surface area contributed by atoms with E-state index in [9.17, 15) is 23.3 Å². The van der Waals surface area contributed by atoms with Crippen LogP contribution in [0.4, 0.5) is 17.5 Å². The van der Waals surface area contributed by atoms with E-state index in [2.05, 4.69) is 25.6 Å². The van der Waals surface area contributed by atoms with Crippen LogP contribution in [0.1, 0.15) is 17.3 Å². The second-order valence-electron chi connectivity index (χ2n) is 6.76. The first kappa shape index (κ1) is 24.5. The normalized spacial score (nSPS) is 11.0. The molecule has 0 aliphatic carbocycles. The van der Waals surface area contributed by atoms with Gasteiger partial charge in [-0.1, -0.05) is 12.1 Å². The van der Waals surface area contributed by atoms with Gasteiger partial charge in [0.25, 0.3) is 5.69 Å². The molecule has 0 bridgehead atoms. The van der Waals surface area contributed by atoms with Crippen LogP contribution in [0, 0.1) is 10.1 Å². The molecule has 0 spiro atoms. The molecular formula is C20H21N7O6S. The summed E-state index contributed by atoms with van der Waals surface area (Å²) in [6.45, 7) is 2.58. The second kappa shape index (κ2) is 10.6. The average molecular weight is 487 g/mol. The number of hydrogen-bond donors (Lipinski definition) is 3. The lowest BCUT2D eigenvalue weighted by molar-refractivity contribution is -0.385. The van der Waals surface area contributed by atoms with Crippen LogP contribution < -0.4 is 15.8 Å². The zero-order chi connectivity index (χ0) is 24.7. The molecule has 2 aromatic heterocycles. The highest BCUT2D eigenvalue weighted by Gasteiger charge is 2.18. The van der Waals surface area contributed by atoms with E-state index >= 15 is 0 Å². The van der Waals surface area contributed by atoms with Crippen LogP contribution in [0.25, 0.3) is 11.3 Å². The van der Waals surface area contributed by atoms with Gasteiger partial charge in [-0.05, 0) is 25.1 Å². The number of carbonyl (C=O) groups is 1. The van der Waals surface area contributed by atoms with E-state index in [0.29, 0.717) is 24.5 Å². The summed E-state index contributed by atoms with van der Waals surface area (Å²) in [4.78, 5) is 34.9. The first-order valence-corrected chi connectivity index (χ1v) is 11.5. The Hall–Kier alpha value is -4.17. The van der Waals surface area contributed by atoms with E-state index in [0.717, 1.165) is 6.20 Å². The molecule has 0 unspecified atom stereocenters. The summed E-state index contributed by atoms with van der Waals surface area (Å²) >= 11 is 0. The molecule has 178 valence electrons. The summed E-state index contributed by atoms with van der Waals surface area (Å²) in [6.07, 6.45) is 2.47. The lowest BCUT2D eigenvalue weighted by atomic mass is 10.1. The van der Waals surface area contributed by atoms with E-state index in [-0.39, 0.29) is 34.4 Å². The van der Waals surface area contributed by atoms with Crippen LogP contribution in [0.3, 0.4) is 0 Å². The molecule has 1 aromatic carbocycles. The number of nitrogens with one attached hydrogen (secondary N) is 2. The zero-order valence-electron chi connectivity index (χ0n) is 18.0. The van der Waals surface area contributed by atoms with E-state index in [1.807, 2.05) is 0 Å². The highest BCUT2D eigenvalue weighted by molar-refractivity contribution is 7.89. The van der Waals surface area contributed by atoms with E-state index in [1.165, 1.54) is 42.6 Å². The fourth-order valence-electron chi connectivity index (χ4n) is 2.81. The molecule has 3 aromatic rings. The maximum atomic E-state index is 12.4. The third-order valence-corrected chi connectivity index (χ3v) is 5.34. The van der Waals surface area contributed by atoms with Crippen molar-refractivity contribution in [2.45, 2.75) is 11.8 Å². The number of aromatic nitrogens is 3. The van der Waals surface area contributed by atoms with Crippen LogP contribution in [-0.2, 0) is 14.8 Å². The number of esters is 1. The highest BCUT2D eigenvalue weighted by atomic mass is 32.2. The Bertz CT molecular complexity index is 1280. The molecule has 3 rings (SSSR count). The Morgan fingerprint density at radius 2 is 1.79 bits per heavy atom. The molecular weight excluding hydrogens is 466 g/mol. The molecule has 0 saturated carbocycles. The van der Waals surface area contributed by atoms with Crippen molar-refractivity contribution < 1.29 is 22.9 Å². The Morgan fingerprint density at radius 1 is 1.09 bits per heavy atom. The number of primary sulfonamides is 1. The number of nitro groups is 1. The lowest BCUT2D eigenvalue weighted by Crippen LogP contribution is -2.17. The summed E-state index contributed by atoms with van der Waals surface area (Å²) in [5, 5.41) is 21.8. The van der Waals surface area contributed by atoms with Crippen molar-refractivity contribution in [3.63, 3.8) is 0 Å². The van der Waals surface area contributed by atoms with Gasteiger partial charge >= 0.3 is 5.97 Å². The Balaban J connectivity index is 1.74. The van der Waals surface area contributed by atoms with Crippen molar-refractivity contribution >= 4 is 33.4 Å². The van der Waals surface area contributed by atoms with Crippen molar-refractivity contribution in [2.75, 3.05) is 30.3 Å². The van der Waals surface area contributed by atoms with E-state index in [1.54, 1.807) is 6.92 Å². The Morgan fingerprint density at radius 3 is 2.38 bits per heavy atom. The predicted molar refractivity (Wildman–Crippen MR) is 123 cm³/mol. The summed E-state index contributed by atoms with van der Waals surface area (Å²) in [7, 11) is -3.87. The topological polar surface area (TPSA) is 192 Å². The first-order chi connectivity index (χ1) is 16.2. The quantitative estimate of drug-likeness (QED) is 0.163. The largest absolute Gasteiger partial charge is 0.462 e. The van der Waals surface area contributed by atoms with Crippen molar-refractivity contribution in [2.24, 2.45) is 5.14 Å². The Kier molecular flexibility index (Phi) is 7.65. The smallest absolute Gasteiger partial charge is 0.341 e. The summed E-state index contributed by atoms with van der Waals surface area (Å²) in [6, 6.07) is 8.43. The highest BCUT2D eigenvalue weighted by Crippen LogP contribution is 2.24. The molecule has 4 N–H and O–H groups in total. The molecule has 14 heteroatoms. The van der Waals surface area contributed by atoms with Gasteiger partial charge in [0.05, 0.1) is 22.1 Å². The number of nitrogens with zero attached hydrogens (tertiary/aromatic N) is 4. The molecule has 34 heavy (non-hydrogen) atoms. The minimum absolute atomic E-state index is 0.0766. The molecule has 0 aliphatic rings. The molecule has 0 aliphatic heterocycles. The van der Waals surface area contributed by atoms with Gasteiger partial charge in [0, 0.05) is 30.9 Å². The third kappa shape index (κ3) is 6.20. The molecule has 13 nitrogen and oxygen atoms in total. The third-order valence-electron chi connectivity index (χ3n) is 4.41. The van der Waals surface area contributed by atoms with Crippen LogP contribution in [0.2, 0.25) is 0 Å². The summed E-state index contributed by atoms with van der Waals surface area (Å²) in [5.41, 5.74) is 0.725. The number of ether oxygens (including phenoxy) is 1. The second-order valence-corrected chi connectivity index (χ2v) is 8.32. The van der Waals surface area contributed by atoms with Gasteiger partial charge in [0.1, 0.15) is 17.6 Å². The molecule has 0 saturated heterocycles. The van der Waals surface area contributed by atoms with Crippen LogP contribution in [-0.4, -0.2) is 54.0 Å². The summed E-state index contributed by atoms with van der Waals surface area (Å²) in [5.74, 6) is 0.0594. The molecule has 0 atom stereocenters. The van der Waals surface area contributed by atoms with Gasteiger partial charge < -0.3 is 15.4 Å². The first-order valence-electron chi connectivity index (χ1n) is 9.94. The number of sulfonamides is 1. The van der Waals surface area contributed by atoms with Crippen molar-refractivity contribution in [1.82, 2.24) is 15.0 Å². The van der Waals surface area contributed by atoms with Crippen LogP contribution in [0.15, 0.2) is 53.7 Å². The fraction of sp³-hybridized carbons (Fsp3) is 0.200. The van der Waals surface area contributed by atoms with Crippen LogP contribution >= 0.6 is 0 Å². The number of pyridine rings is 1. The number of nitrogens with two attached hydrogens (primary N) is 1. The minimum atomic E-state index is -3.87. The fourth-order valence-corrected chi connectivity index (χ4v) is 3.33. The maximum absolute atomic E-state index is 12.4. The van der Waals surface area contributed by atoms with Crippen molar-refractivity contribution in [1.29, 1.82) is 0 Å². The maximum Gasteiger partial charge on any atom is 0.341 e. The number of benzene rings is 1. The van der Waals surface area contributed by atoms with Crippen molar-refractivity contribution in [3.05, 3.63) is 64.5 Å². The monoisotopic (exact) mass is 487 g/mol. The van der Waals surface area contributed by atoms with Gasteiger partial charge in [-0.3, -0.25) is 10.1 Å². The van der Waals surface area contributed by atoms with E-state index < -0.39 is 20.9 Å². The number of rotatable bonds is 10. The predicted octanol–water partition coefficient (Wildman–Crippen LogP) is 1.79. The molecule has 0 amide bonds. The van der Waals surface area contributed by atoms with Gasteiger partial charge in [0.2, 0.25) is 16.0 Å². The molecule has 2 heterocycles. The van der Waals surface area contributed by atoms with E-state index in [4.69, 9.17) is 9.88 Å². The number of anilines is 2. The summed E-state index contributed by atoms with van der Waals surface area (Å²) < 4.78 is 28.1. The van der Waals surface area contributed by atoms with Crippen molar-refractivity contribution in [3.8, 4) is 11.3 Å². The number of carbonyl (C=O) groups excluding carboxylic acids is 1. The van der Waals surface area contributed by atoms with Gasteiger partial charge in [-0.15, -0.1) is 0 Å². The standard InChI is InChI=1S/C20H21N7O6S/c1-2-33-19(28)16-12-25-20(23-10-9-22-17-8-5-14(11-24-17)27(29)30)26-18(16)13-3-6-15(7-4-13)34(21,31)32/h3-8,11-12H,2,9-10H2,1H3,(H,22,24)(H2,21,31,32)(H,23,25,26). The van der Waals surface area contributed by atoms with Crippen LogP contribution in [0.5, 0.6) is 0 Å². The van der Waals surface area contributed by atoms with Gasteiger partial charge in [-0.2, -0.15) is 0 Å². The number of hydrogen-bond acceptors (Lipinski definition) is 11.